The molecule has 434 valence electrons. The SMILES string of the molecule is CO[C@]1(C)C[C@H](O[C@H]2[C@H](C)[C@@H](O[C@@H]3O[C@H](C)C[C@H](N(C)CCc4cn(CCCCc5ccc(-n6cc(-c7cccnc7)nn6)cc5)nn4)[C@H]3O)[C@](C)(O)C[C@@H](C)CN(C)[C@H](C)[C@@H](O)[C@](C)(O)[C@@H](I)OC(=O)[C@@H]2C)O[C@@H](C)[C@@H]1O. The van der Waals surface area contributed by atoms with Crippen molar-refractivity contribution in [2.75, 3.05) is 34.3 Å². The van der Waals surface area contributed by atoms with E-state index in [1.54, 1.807) is 51.7 Å². The second kappa shape index (κ2) is 26.5. The monoisotopic (exact) mass is 1200 g/mol. The van der Waals surface area contributed by atoms with Crippen LogP contribution in [0.25, 0.3) is 16.9 Å². The second-order valence-electron chi connectivity index (χ2n) is 23.2. The molecule has 4 aromatic rings. The number of aliphatic hydroxyl groups is 5. The molecule has 0 amide bonds. The number of halogens is 1. The average molecular weight is 1200 g/mol. The summed E-state index contributed by atoms with van der Waals surface area (Å²) in [5, 5.41) is 77.0. The molecule has 0 unspecified atom stereocenters. The van der Waals surface area contributed by atoms with E-state index in [9.17, 15) is 30.3 Å². The van der Waals surface area contributed by atoms with E-state index in [1.807, 2.05) is 91.6 Å². The number of methoxy groups -OCH3 is 1. The van der Waals surface area contributed by atoms with Gasteiger partial charge >= 0.3 is 5.97 Å². The number of hydrogen-bond donors (Lipinski definition) is 5. The van der Waals surface area contributed by atoms with Crippen molar-refractivity contribution in [3.05, 3.63) is 72.4 Å². The van der Waals surface area contributed by atoms with E-state index in [-0.39, 0.29) is 24.9 Å². The fourth-order valence-corrected chi connectivity index (χ4v) is 12.2. The van der Waals surface area contributed by atoms with E-state index in [2.05, 4.69) is 54.8 Å². The molecular formula is C56H86IN9O12. The number of aliphatic hydroxyl groups excluding tert-OH is 3. The van der Waals surface area contributed by atoms with Crippen LogP contribution in [0.15, 0.2) is 61.2 Å². The maximum atomic E-state index is 14.4. The molecule has 1 aromatic carbocycles. The lowest BCUT2D eigenvalue weighted by atomic mass is 9.77. The van der Waals surface area contributed by atoms with Crippen LogP contribution in [0, 0.1) is 17.8 Å². The van der Waals surface area contributed by atoms with Crippen molar-refractivity contribution in [1.29, 1.82) is 0 Å². The zero-order valence-corrected chi connectivity index (χ0v) is 49.7. The zero-order valence-electron chi connectivity index (χ0n) is 47.5. The second-order valence-corrected chi connectivity index (χ2v) is 24.4. The van der Waals surface area contributed by atoms with Crippen molar-refractivity contribution in [3.63, 3.8) is 0 Å². The van der Waals surface area contributed by atoms with Gasteiger partial charge < -0.3 is 63.8 Å². The summed E-state index contributed by atoms with van der Waals surface area (Å²) >= 11 is 1.83. The maximum Gasteiger partial charge on any atom is 0.312 e. The molecule has 21 nitrogen and oxygen atoms in total. The van der Waals surface area contributed by atoms with Crippen molar-refractivity contribution in [2.24, 2.45) is 17.8 Å². The van der Waals surface area contributed by atoms with Gasteiger partial charge in [-0.15, -0.1) is 10.2 Å². The Morgan fingerprint density at radius 2 is 1.63 bits per heavy atom. The minimum Gasteiger partial charge on any atom is -0.448 e. The predicted molar refractivity (Wildman–Crippen MR) is 298 cm³/mol. The first-order valence-corrected chi connectivity index (χ1v) is 28.8. The fraction of sp³-hybridized carbons (Fsp3) is 0.714. The Bertz CT molecular complexity index is 2510. The number of nitrogens with zero attached hydrogens (tertiary/aromatic N) is 9. The molecular weight excluding hydrogens is 1120 g/mol. The van der Waals surface area contributed by atoms with Gasteiger partial charge in [-0.2, -0.15) is 0 Å². The number of alkyl halides is 1. The summed E-state index contributed by atoms with van der Waals surface area (Å²) in [6, 6.07) is 11.2. The van der Waals surface area contributed by atoms with Crippen LogP contribution in [-0.2, 0) is 52.6 Å². The molecule has 3 aliphatic rings. The van der Waals surface area contributed by atoms with Crippen molar-refractivity contribution in [3.8, 4) is 16.9 Å². The first-order chi connectivity index (χ1) is 36.8. The summed E-state index contributed by atoms with van der Waals surface area (Å²) in [4.78, 5) is 22.5. The normalized spacial score (nSPS) is 37.0. The molecule has 0 saturated carbocycles. The van der Waals surface area contributed by atoms with Gasteiger partial charge in [0, 0.05) is 81.7 Å². The number of pyridine rings is 1. The minimum absolute atomic E-state index is 0.102. The maximum absolute atomic E-state index is 14.4. The molecule has 0 aliphatic carbocycles. The third-order valence-corrected chi connectivity index (χ3v) is 18.1. The van der Waals surface area contributed by atoms with E-state index in [1.165, 1.54) is 19.6 Å². The Morgan fingerprint density at radius 1 is 0.897 bits per heavy atom. The standard InChI is InChI=1S/C56H86IN9O12/c1-33-27-54(7,71)50(35(3)47(76-45-28-55(8,73-12)49(69)38(6)75-45)36(4)51(70)78-53(57)56(9,72)48(68)37(5)64(11)30-33)77-52-46(67)44(26-34(2)74-52)63(10)25-22-41-31-65(61-59-41)24-14-13-16-39-18-20-42(21-19-39)66-32-43(60-62-66)40-17-15-23-58-29-40/h15,17-21,23,29,31-38,44-50,52-53,67-69,71-72H,13-14,16,22,24-28,30H2,1-12H3/t33-,34-,35+,36-,37-,38+,44+,45+,46-,47+,48-,49+,50-,52+,53+,54-,55-,56+/m1/s1. The van der Waals surface area contributed by atoms with Gasteiger partial charge in [0.1, 0.15) is 29.6 Å². The summed E-state index contributed by atoms with van der Waals surface area (Å²) in [5.74, 6) is -2.80. The lowest BCUT2D eigenvalue weighted by molar-refractivity contribution is -0.318. The van der Waals surface area contributed by atoms with Gasteiger partial charge in [0.25, 0.3) is 0 Å². The lowest BCUT2D eigenvalue weighted by Crippen LogP contribution is -2.60. The Labute approximate surface area is 473 Å². The van der Waals surface area contributed by atoms with E-state index in [4.69, 9.17) is 28.4 Å². The highest BCUT2D eigenvalue weighted by Crippen LogP contribution is 2.40. The van der Waals surface area contributed by atoms with Crippen LogP contribution in [0.3, 0.4) is 0 Å². The quantitative estimate of drug-likeness (QED) is 0.0439. The number of likely N-dealkylation sites (N-methyl/N-ethyl adjacent to an activating group) is 2. The summed E-state index contributed by atoms with van der Waals surface area (Å²) in [6.07, 6.45) is 2.65. The van der Waals surface area contributed by atoms with Crippen molar-refractivity contribution < 1.29 is 58.7 Å². The van der Waals surface area contributed by atoms with Crippen LogP contribution in [0.1, 0.15) is 106 Å². The Balaban J connectivity index is 1.02. The molecule has 78 heavy (non-hydrogen) atoms. The molecule has 22 heteroatoms. The zero-order chi connectivity index (χ0) is 56.9. The van der Waals surface area contributed by atoms with E-state index >= 15 is 0 Å². The highest BCUT2D eigenvalue weighted by atomic mass is 127. The molecule has 3 aliphatic heterocycles. The number of unbranched alkanes of at least 4 members (excludes halogenated alkanes) is 1. The highest BCUT2D eigenvalue weighted by Gasteiger charge is 2.53. The topological polar surface area (TPSA) is 254 Å². The number of aryl methyl sites for hydroxylation is 2. The number of carbonyl (C=O) groups excluding carboxylic acids is 1. The van der Waals surface area contributed by atoms with Gasteiger partial charge in [0.2, 0.25) is 0 Å². The molecule has 0 radical (unpaired) electrons. The number of cyclic esters (lactones) is 1. The van der Waals surface area contributed by atoms with Crippen molar-refractivity contribution in [2.45, 2.75) is 202 Å². The van der Waals surface area contributed by atoms with Crippen LogP contribution >= 0.6 is 22.6 Å². The third-order valence-electron chi connectivity index (χ3n) is 16.6. The molecule has 3 saturated heterocycles. The Morgan fingerprint density at radius 3 is 2.32 bits per heavy atom. The summed E-state index contributed by atoms with van der Waals surface area (Å²) in [5.41, 5.74) is 0.124. The number of esters is 1. The molecule has 7 rings (SSSR count). The van der Waals surface area contributed by atoms with Crippen LogP contribution in [0.5, 0.6) is 0 Å². The highest BCUT2D eigenvalue weighted by molar-refractivity contribution is 14.1. The molecule has 3 aromatic heterocycles. The molecule has 6 heterocycles. The first kappa shape index (κ1) is 62.0. The van der Waals surface area contributed by atoms with Gasteiger partial charge in [-0.3, -0.25) is 14.5 Å². The number of benzene rings is 1. The van der Waals surface area contributed by atoms with Gasteiger partial charge in [-0.25, -0.2) is 4.68 Å². The lowest BCUT2D eigenvalue weighted by Gasteiger charge is -2.49. The fourth-order valence-electron chi connectivity index (χ4n) is 11.5. The molecule has 3 fully saturated rings. The third kappa shape index (κ3) is 14.9. The molecule has 0 bridgehead atoms. The molecule has 5 N–H and O–H groups in total. The number of ether oxygens (including phenoxy) is 6. The van der Waals surface area contributed by atoms with Crippen LogP contribution in [-0.4, -0.2) is 199 Å². The Kier molecular flexibility index (Phi) is 21.1. The van der Waals surface area contributed by atoms with Crippen LogP contribution < -0.4 is 0 Å². The molecule has 18 atom stereocenters. The first-order valence-electron chi connectivity index (χ1n) is 27.5. The number of aromatic nitrogens is 7. The van der Waals surface area contributed by atoms with Gasteiger partial charge in [-0.05, 0) is 153 Å². The number of hydrogen-bond acceptors (Lipinski definition) is 19. The number of carbonyl (C=O) groups is 1. The smallest absolute Gasteiger partial charge is 0.312 e. The van der Waals surface area contributed by atoms with Gasteiger partial charge in [0.05, 0.1) is 59.1 Å². The summed E-state index contributed by atoms with van der Waals surface area (Å²) < 4.78 is 40.6. The molecule has 0 spiro atoms. The minimum atomic E-state index is -1.86. The van der Waals surface area contributed by atoms with E-state index in [0.717, 1.165) is 48.4 Å². The van der Waals surface area contributed by atoms with Crippen molar-refractivity contribution in [1.82, 2.24) is 44.8 Å². The predicted octanol–water partition coefficient (Wildman–Crippen LogP) is 4.75. The summed E-state index contributed by atoms with van der Waals surface area (Å²) in [7, 11) is 5.29. The summed E-state index contributed by atoms with van der Waals surface area (Å²) in [6.45, 7) is 17.5. The van der Waals surface area contributed by atoms with E-state index in [0.29, 0.717) is 25.9 Å². The van der Waals surface area contributed by atoms with Crippen molar-refractivity contribution >= 4 is 28.6 Å². The average Bonchev–Trinajstić information content (AvgIpc) is 4.13. The van der Waals surface area contributed by atoms with Crippen LogP contribution in [0.4, 0.5) is 0 Å². The largest absolute Gasteiger partial charge is 0.448 e. The Hall–Kier alpha value is -3.63. The van der Waals surface area contributed by atoms with Gasteiger partial charge in [-0.1, -0.05) is 36.4 Å². The van der Waals surface area contributed by atoms with Crippen LogP contribution in [0.2, 0.25) is 0 Å². The number of rotatable bonds is 16. The van der Waals surface area contributed by atoms with E-state index < -0.39 is 100 Å². The van der Waals surface area contributed by atoms with Gasteiger partial charge in [0.15, 0.2) is 16.7 Å².